The van der Waals surface area contributed by atoms with E-state index in [1.165, 1.54) is 5.56 Å². The molecule has 9 rings (SSSR count). The van der Waals surface area contributed by atoms with Gasteiger partial charge in [-0.2, -0.15) is 0 Å². The Morgan fingerprint density at radius 3 is 2.57 bits per heavy atom. The maximum atomic E-state index is 14.1. The number of phenolic OH excluding ortho intramolecular Hbond substituents is 1. The first kappa shape index (κ1) is 36.0. The van der Waals surface area contributed by atoms with E-state index in [0.717, 1.165) is 70.8 Å². The van der Waals surface area contributed by atoms with Gasteiger partial charge in [0.25, 0.3) is 0 Å². The van der Waals surface area contributed by atoms with E-state index in [-0.39, 0.29) is 28.9 Å². The van der Waals surface area contributed by atoms with Crippen LogP contribution in [0.2, 0.25) is 0 Å². The van der Waals surface area contributed by atoms with Crippen molar-refractivity contribution in [2.75, 3.05) is 24.5 Å². The highest BCUT2D eigenvalue weighted by molar-refractivity contribution is 7.13. The van der Waals surface area contributed by atoms with E-state index in [0.29, 0.717) is 42.4 Å². The maximum Gasteiger partial charge on any atom is 0.243 e. The van der Waals surface area contributed by atoms with Gasteiger partial charge in [0.05, 0.1) is 27.3 Å². The topological polar surface area (TPSA) is 138 Å². The highest BCUT2D eigenvalue weighted by Crippen LogP contribution is 2.57. The smallest absolute Gasteiger partial charge is 0.243 e. The van der Waals surface area contributed by atoms with Crippen LogP contribution in [0.5, 0.6) is 5.75 Å². The van der Waals surface area contributed by atoms with Gasteiger partial charge in [-0.15, -0.1) is 21.5 Å². The largest absolute Gasteiger partial charge is 0.507 e. The molecule has 12 heteroatoms. The molecule has 6 aromatic rings. The van der Waals surface area contributed by atoms with Crippen molar-refractivity contribution in [2.45, 2.75) is 70.9 Å². The van der Waals surface area contributed by atoms with E-state index < -0.39 is 12.0 Å². The number of para-hydroxylation sites is 1. The lowest BCUT2D eigenvalue weighted by Gasteiger charge is -2.59. The number of carbonyl (C=O) groups is 2. The molecule has 2 saturated heterocycles. The Labute approximate surface area is 329 Å². The van der Waals surface area contributed by atoms with E-state index in [4.69, 9.17) is 4.52 Å². The molecule has 1 aliphatic carbocycles. The summed E-state index contributed by atoms with van der Waals surface area (Å²) < 4.78 is 5.90. The second-order valence-electron chi connectivity index (χ2n) is 16.2. The Balaban J connectivity index is 0.797. The molecule has 3 aliphatic rings. The van der Waals surface area contributed by atoms with E-state index in [9.17, 15) is 14.7 Å². The molecule has 0 radical (unpaired) electrons. The molecule has 2 atom stereocenters. The molecule has 5 heterocycles. The van der Waals surface area contributed by atoms with Crippen molar-refractivity contribution in [2.24, 2.45) is 11.3 Å². The summed E-state index contributed by atoms with van der Waals surface area (Å²) in [7, 11) is 0. The summed E-state index contributed by atoms with van der Waals surface area (Å²) in [6.07, 6.45) is 3.60. The van der Waals surface area contributed by atoms with Gasteiger partial charge in [-0.05, 0) is 85.4 Å². The third-order valence-electron chi connectivity index (χ3n) is 12.0. The summed E-state index contributed by atoms with van der Waals surface area (Å²) in [4.78, 5) is 37.1. The number of hydrogen-bond donors (Lipinski definition) is 2. The summed E-state index contributed by atoms with van der Waals surface area (Å²) in [6.45, 7) is 8.78. The van der Waals surface area contributed by atoms with Crippen LogP contribution in [0.15, 0.2) is 88.9 Å². The van der Waals surface area contributed by atoms with E-state index in [1.807, 2.05) is 62.7 Å². The number of amides is 2. The molecule has 286 valence electrons. The van der Waals surface area contributed by atoms with Gasteiger partial charge in [0, 0.05) is 48.6 Å². The number of aryl methyl sites for hydroxylation is 1. The van der Waals surface area contributed by atoms with Crippen molar-refractivity contribution in [3.8, 4) is 27.4 Å². The predicted molar refractivity (Wildman–Crippen MR) is 216 cm³/mol. The molecule has 56 heavy (non-hydrogen) atoms. The van der Waals surface area contributed by atoms with Crippen LogP contribution < -0.4 is 10.2 Å². The number of aromatic hydroxyl groups is 1. The van der Waals surface area contributed by atoms with E-state index in [2.05, 4.69) is 60.9 Å². The number of aromatic nitrogens is 4. The van der Waals surface area contributed by atoms with Gasteiger partial charge >= 0.3 is 0 Å². The average molecular weight is 768 g/mol. The van der Waals surface area contributed by atoms with Gasteiger partial charge in [0.15, 0.2) is 11.6 Å². The summed E-state index contributed by atoms with van der Waals surface area (Å²) in [5.74, 6) is 1.20. The highest BCUT2D eigenvalue weighted by atomic mass is 32.1. The van der Waals surface area contributed by atoms with Crippen molar-refractivity contribution in [3.63, 3.8) is 0 Å². The van der Waals surface area contributed by atoms with Gasteiger partial charge in [0.2, 0.25) is 11.8 Å². The zero-order valence-corrected chi connectivity index (χ0v) is 32.6. The SMILES string of the molecule is Cc1ncsc1-c1ccc(CNC(=O)C2CCCN2C(=O)C(c2cc(N3CC4(CC(c5ccc6cc(-c7ccccc7O)nnc6c5)C4)C3)no2)C(C)C)cc1. The number of likely N-dealkylation sites (tertiary alicyclic amines) is 1. The summed E-state index contributed by atoms with van der Waals surface area (Å²) in [5.41, 5.74) is 8.68. The summed E-state index contributed by atoms with van der Waals surface area (Å²) in [6, 6.07) is 25.2. The van der Waals surface area contributed by atoms with Gasteiger partial charge in [-0.1, -0.05) is 67.5 Å². The number of carbonyl (C=O) groups excluding carboxylic acids is 2. The minimum absolute atomic E-state index is 0.0350. The third-order valence-corrected chi connectivity index (χ3v) is 13.0. The molecule has 3 aromatic carbocycles. The molecule has 2 N–H and O–H groups in total. The van der Waals surface area contributed by atoms with Crippen LogP contribution in [0, 0.1) is 18.3 Å². The minimum Gasteiger partial charge on any atom is -0.507 e. The summed E-state index contributed by atoms with van der Waals surface area (Å²) >= 11 is 1.62. The van der Waals surface area contributed by atoms with Crippen molar-refractivity contribution in [3.05, 3.63) is 107 Å². The fourth-order valence-corrected chi connectivity index (χ4v) is 9.80. The predicted octanol–water partition coefficient (Wildman–Crippen LogP) is 7.85. The average Bonchev–Trinajstić information content (AvgIpc) is 3.95. The number of phenols is 1. The number of benzene rings is 3. The Hall–Kier alpha value is -5.62. The Morgan fingerprint density at radius 2 is 1.82 bits per heavy atom. The standard InChI is InChI=1S/C44H45N7O4S/c1-26(2)40(43(54)51-16-6-8-36(51)42(53)45-22-28-10-12-29(13-11-28)41-27(3)46-25-56-41)38-19-39(49-55-38)50-23-44(24-50)20-32(21-44)30-14-15-31-18-35(48-47-34(31)17-30)33-7-4-5-9-37(33)52/h4-5,7,9-15,17-19,25-26,32,36,40,52H,6,8,16,20-24H2,1-3H3,(H,45,53). The highest BCUT2D eigenvalue weighted by Gasteiger charge is 2.53. The molecule has 3 fully saturated rings. The Morgan fingerprint density at radius 1 is 1.02 bits per heavy atom. The Kier molecular flexibility index (Phi) is 9.31. The lowest BCUT2D eigenvalue weighted by Crippen LogP contribution is -2.62. The van der Waals surface area contributed by atoms with Crippen molar-refractivity contribution in [1.29, 1.82) is 0 Å². The van der Waals surface area contributed by atoms with Crippen LogP contribution in [0.25, 0.3) is 32.6 Å². The molecule has 1 spiro atoms. The number of anilines is 1. The van der Waals surface area contributed by atoms with Crippen LogP contribution in [0.1, 0.15) is 73.9 Å². The van der Waals surface area contributed by atoms with Gasteiger partial charge in [-0.25, -0.2) is 4.98 Å². The lowest BCUT2D eigenvalue weighted by atomic mass is 9.56. The van der Waals surface area contributed by atoms with E-state index >= 15 is 0 Å². The summed E-state index contributed by atoms with van der Waals surface area (Å²) in [5, 5.41) is 27.7. The molecule has 11 nitrogen and oxygen atoms in total. The molecule has 1 saturated carbocycles. The second-order valence-corrected chi connectivity index (χ2v) is 17.1. The monoisotopic (exact) mass is 767 g/mol. The van der Waals surface area contributed by atoms with E-state index in [1.54, 1.807) is 28.4 Å². The molecule has 2 aliphatic heterocycles. The molecule has 0 bridgehead atoms. The first-order valence-electron chi connectivity index (χ1n) is 19.5. The number of nitrogens with one attached hydrogen (secondary N) is 1. The number of nitrogens with zero attached hydrogens (tertiary/aromatic N) is 6. The van der Waals surface area contributed by atoms with Crippen LogP contribution >= 0.6 is 11.3 Å². The number of rotatable bonds is 10. The fraction of sp³-hybridized carbons (Fsp3) is 0.364. The van der Waals surface area contributed by atoms with Crippen LogP contribution in [-0.4, -0.2) is 67.8 Å². The van der Waals surface area contributed by atoms with Crippen molar-refractivity contribution < 1.29 is 19.2 Å². The quantitative estimate of drug-likeness (QED) is 0.143. The number of hydrogen-bond acceptors (Lipinski definition) is 10. The molecular formula is C44H45N7O4S. The number of fused-ring (bicyclic) bond motifs is 1. The molecular weight excluding hydrogens is 723 g/mol. The molecule has 2 amide bonds. The van der Waals surface area contributed by atoms with Gasteiger partial charge in [-0.3, -0.25) is 9.59 Å². The first-order chi connectivity index (χ1) is 27.1. The van der Waals surface area contributed by atoms with Crippen molar-refractivity contribution >= 4 is 39.9 Å². The zero-order valence-electron chi connectivity index (χ0n) is 31.8. The fourth-order valence-electron chi connectivity index (χ4n) is 8.99. The van der Waals surface area contributed by atoms with Crippen molar-refractivity contribution in [1.82, 2.24) is 30.6 Å². The van der Waals surface area contributed by atoms with Crippen LogP contribution in [0.3, 0.4) is 0 Å². The molecule has 3 aromatic heterocycles. The van der Waals surface area contributed by atoms with Crippen LogP contribution in [-0.2, 0) is 16.1 Å². The lowest BCUT2D eigenvalue weighted by molar-refractivity contribution is -0.140. The second kappa shape index (κ2) is 14.5. The minimum atomic E-state index is -0.527. The van der Waals surface area contributed by atoms with Crippen LogP contribution in [0.4, 0.5) is 5.82 Å². The normalized spacial score (nSPS) is 18.3. The maximum absolute atomic E-state index is 14.1. The zero-order chi connectivity index (χ0) is 38.6. The third kappa shape index (κ3) is 6.69. The number of thiazole rings is 1. The van der Waals surface area contributed by atoms with Gasteiger partial charge < -0.3 is 24.7 Å². The van der Waals surface area contributed by atoms with Gasteiger partial charge in [0.1, 0.15) is 17.7 Å². The molecule has 2 unspecified atom stereocenters. The first-order valence-corrected chi connectivity index (χ1v) is 20.4. The Bertz CT molecular complexity index is 2410.